The second kappa shape index (κ2) is 7.88. The Labute approximate surface area is 161 Å². The Balaban J connectivity index is 1.84. The minimum Gasteiger partial charge on any atom is -0.478 e. The summed E-state index contributed by atoms with van der Waals surface area (Å²) in [4.78, 5) is 15.1. The molecule has 3 aromatic rings. The van der Waals surface area contributed by atoms with Crippen LogP contribution in [0.15, 0.2) is 48.5 Å². The summed E-state index contributed by atoms with van der Waals surface area (Å²) < 4.78 is 28.7. The maximum Gasteiger partial charge on any atom is 0.335 e. The highest BCUT2D eigenvalue weighted by Crippen LogP contribution is 2.25. The van der Waals surface area contributed by atoms with Gasteiger partial charge in [0.1, 0.15) is 5.82 Å². The topological polar surface area (TPSA) is 68.0 Å². The first-order valence-corrected chi connectivity index (χ1v) is 9.02. The highest BCUT2D eigenvalue weighted by atomic mass is 19.3. The summed E-state index contributed by atoms with van der Waals surface area (Å²) in [7, 11) is 0. The Morgan fingerprint density at radius 3 is 2.46 bits per heavy atom. The van der Waals surface area contributed by atoms with Crippen molar-refractivity contribution in [1.82, 2.24) is 14.8 Å². The van der Waals surface area contributed by atoms with Crippen LogP contribution in [0.1, 0.15) is 47.8 Å². The van der Waals surface area contributed by atoms with E-state index in [1.165, 1.54) is 4.68 Å². The van der Waals surface area contributed by atoms with Crippen molar-refractivity contribution in [2.24, 2.45) is 0 Å². The Kier molecular flexibility index (Phi) is 5.53. The van der Waals surface area contributed by atoms with E-state index in [1.807, 2.05) is 37.3 Å². The van der Waals surface area contributed by atoms with Gasteiger partial charge in [0.25, 0.3) is 0 Å². The molecule has 2 aromatic carbocycles. The molecule has 0 atom stereocenters. The van der Waals surface area contributed by atoms with E-state index in [1.54, 1.807) is 18.2 Å². The van der Waals surface area contributed by atoms with Gasteiger partial charge in [0.05, 0.1) is 12.1 Å². The van der Waals surface area contributed by atoms with E-state index in [0.717, 1.165) is 30.0 Å². The highest BCUT2D eigenvalue weighted by Gasteiger charge is 2.31. The number of alkyl halides is 2. The number of carbonyl (C=O) groups is 1. The Hall–Kier alpha value is -3.09. The van der Waals surface area contributed by atoms with E-state index in [-0.39, 0.29) is 5.56 Å². The van der Waals surface area contributed by atoms with Crippen molar-refractivity contribution in [3.63, 3.8) is 0 Å². The van der Waals surface area contributed by atoms with Crippen molar-refractivity contribution in [2.75, 3.05) is 0 Å². The van der Waals surface area contributed by atoms with Crippen LogP contribution < -0.4 is 0 Å². The smallest absolute Gasteiger partial charge is 0.335 e. The lowest BCUT2D eigenvalue weighted by Crippen LogP contribution is -2.11. The average molecular weight is 385 g/mol. The number of rotatable bonds is 7. The summed E-state index contributed by atoms with van der Waals surface area (Å²) >= 11 is 0. The second-order valence-corrected chi connectivity index (χ2v) is 6.73. The predicted molar refractivity (Wildman–Crippen MR) is 102 cm³/mol. The molecule has 146 valence electrons. The largest absolute Gasteiger partial charge is 0.478 e. The summed E-state index contributed by atoms with van der Waals surface area (Å²) in [5, 5.41) is 13.1. The van der Waals surface area contributed by atoms with Crippen LogP contribution in [0.5, 0.6) is 0 Å². The molecule has 0 bridgehead atoms. The minimum atomic E-state index is -3.08. The standard InChI is InChI=1S/C21H21F2N3O2/c1-3-5-18-24-20(21(2,22)23)25-26(18)13-14-8-10-15(11-9-14)16-6-4-7-17(12-16)19(27)28/h4,6-12H,3,5,13H2,1-2H3,(H,27,28). The molecular formula is C21H21F2N3O2. The molecule has 0 radical (unpaired) electrons. The van der Waals surface area contributed by atoms with Gasteiger partial charge in [-0.15, -0.1) is 5.10 Å². The zero-order valence-corrected chi connectivity index (χ0v) is 15.7. The summed E-state index contributed by atoms with van der Waals surface area (Å²) in [6, 6.07) is 14.2. The van der Waals surface area contributed by atoms with Crippen molar-refractivity contribution in [3.8, 4) is 11.1 Å². The molecule has 3 rings (SSSR count). The number of carboxylic acid groups (broad SMARTS) is 1. The average Bonchev–Trinajstić information content (AvgIpc) is 3.06. The number of halogens is 2. The maximum absolute atomic E-state index is 13.6. The molecule has 0 aliphatic carbocycles. The number of aromatic carboxylic acids is 1. The molecule has 0 amide bonds. The number of hydrogen-bond donors (Lipinski definition) is 1. The fourth-order valence-electron chi connectivity index (χ4n) is 2.90. The van der Waals surface area contributed by atoms with E-state index in [9.17, 15) is 13.6 Å². The van der Waals surface area contributed by atoms with Crippen LogP contribution in [0.2, 0.25) is 0 Å². The van der Waals surface area contributed by atoms with Crippen LogP contribution in [-0.2, 0) is 18.9 Å². The number of carboxylic acids is 1. The van der Waals surface area contributed by atoms with Gasteiger partial charge in [-0.3, -0.25) is 0 Å². The maximum atomic E-state index is 13.6. The van der Waals surface area contributed by atoms with Crippen molar-refractivity contribution in [3.05, 3.63) is 71.3 Å². The number of aryl methyl sites for hydroxylation is 1. The molecule has 0 unspecified atom stereocenters. The van der Waals surface area contributed by atoms with Crippen molar-refractivity contribution in [1.29, 1.82) is 0 Å². The van der Waals surface area contributed by atoms with Gasteiger partial charge in [0.15, 0.2) is 0 Å². The Bertz CT molecular complexity index is 976. The van der Waals surface area contributed by atoms with Gasteiger partial charge < -0.3 is 5.11 Å². The molecule has 0 saturated carbocycles. The van der Waals surface area contributed by atoms with E-state index < -0.39 is 17.7 Å². The predicted octanol–water partition coefficient (Wildman–Crippen LogP) is 4.76. The summed E-state index contributed by atoms with van der Waals surface area (Å²) in [5.74, 6) is -3.97. The number of aromatic nitrogens is 3. The second-order valence-electron chi connectivity index (χ2n) is 6.73. The molecule has 1 N–H and O–H groups in total. The van der Waals surface area contributed by atoms with Crippen molar-refractivity contribution in [2.45, 2.75) is 39.2 Å². The van der Waals surface area contributed by atoms with Crippen molar-refractivity contribution >= 4 is 5.97 Å². The molecule has 5 nitrogen and oxygen atoms in total. The van der Waals surface area contributed by atoms with Gasteiger partial charge in [-0.1, -0.05) is 43.3 Å². The third-order valence-electron chi connectivity index (χ3n) is 4.34. The zero-order chi connectivity index (χ0) is 20.3. The molecule has 0 spiro atoms. The Morgan fingerprint density at radius 2 is 1.86 bits per heavy atom. The third-order valence-corrected chi connectivity index (χ3v) is 4.34. The first-order valence-electron chi connectivity index (χ1n) is 9.02. The van der Waals surface area contributed by atoms with Gasteiger partial charge >= 0.3 is 11.9 Å². The van der Waals surface area contributed by atoms with Gasteiger partial charge in [0, 0.05) is 13.3 Å². The molecule has 0 aliphatic rings. The number of benzene rings is 2. The molecule has 1 heterocycles. The fraction of sp³-hybridized carbons (Fsp3) is 0.286. The molecule has 0 fully saturated rings. The van der Waals surface area contributed by atoms with Crippen LogP contribution in [0.25, 0.3) is 11.1 Å². The lowest BCUT2D eigenvalue weighted by molar-refractivity contribution is 0.00755. The van der Waals surface area contributed by atoms with E-state index in [4.69, 9.17) is 5.11 Å². The number of nitrogens with zero attached hydrogens (tertiary/aromatic N) is 3. The van der Waals surface area contributed by atoms with Crippen LogP contribution in [0.4, 0.5) is 8.78 Å². The van der Waals surface area contributed by atoms with Crippen LogP contribution in [0, 0.1) is 0 Å². The van der Waals surface area contributed by atoms with Crippen molar-refractivity contribution < 1.29 is 18.7 Å². The molecule has 28 heavy (non-hydrogen) atoms. The molecular weight excluding hydrogens is 364 g/mol. The molecule has 1 aromatic heterocycles. The lowest BCUT2D eigenvalue weighted by atomic mass is 10.0. The molecule has 0 saturated heterocycles. The quantitative estimate of drug-likeness (QED) is 0.637. The SMILES string of the molecule is CCCc1nc(C(C)(F)F)nn1Cc1ccc(-c2cccc(C(=O)O)c2)cc1. The molecule has 7 heteroatoms. The summed E-state index contributed by atoms with van der Waals surface area (Å²) in [6.07, 6.45) is 1.36. The number of hydrogen-bond acceptors (Lipinski definition) is 3. The highest BCUT2D eigenvalue weighted by molar-refractivity contribution is 5.89. The van der Waals surface area contributed by atoms with Crippen LogP contribution in [-0.4, -0.2) is 25.8 Å². The van der Waals surface area contributed by atoms with Gasteiger partial charge in [0.2, 0.25) is 5.82 Å². The van der Waals surface area contributed by atoms with Gasteiger partial charge in [-0.25, -0.2) is 14.5 Å². The van der Waals surface area contributed by atoms with E-state index in [0.29, 0.717) is 18.8 Å². The van der Waals surface area contributed by atoms with Gasteiger partial charge in [-0.05, 0) is 35.2 Å². The minimum absolute atomic E-state index is 0.224. The summed E-state index contributed by atoms with van der Waals surface area (Å²) in [5.41, 5.74) is 2.79. The first kappa shape index (κ1) is 19.7. The summed E-state index contributed by atoms with van der Waals surface area (Å²) in [6.45, 7) is 3.10. The van der Waals surface area contributed by atoms with Crippen LogP contribution in [0.3, 0.4) is 0 Å². The normalized spacial score (nSPS) is 11.6. The first-order chi connectivity index (χ1) is 13.3. The monoisotopic (exact) mass is 385 g/mol. The Morgan fingerprint density at radius 1 is 1.14 bits per heavy atom. The van der Waals surface area contributed by atoms with Crippen LogP contribution >= 0.6 is 0 Å². The van der Waals surface area contributed by atoms with E-state index in [2.05, 4.69) is 10.1 Å². The van der Waals surface area contributed by atoms with Gasteiger partial charge in [-0.2, -0.15) is 8.78 Å². The molecule has 0 aliphatic heterocycles. The fourth-order valence-corrected chi connectivity index (χ4v) is 2.90. The lowest BCUT2D eigenvalue weighted by Gasteiger charge is -2.08. The third kappa shape index (κ3) is 4.42. The zero-order valence-electron chi connectivity index (χ0n) is 15.7. The van der Waals surface area contributed by atoms with E-state index >= 15 is 0 Å².